The van der Waals surface area contributed by atoms with Crippen molar-refractivity contribution in [1.82, 2.24) is 15.2 Å². The zero-order valence-electron chi connectivity index (χ0n) is 14.7. The highest BCUT2D eigenvalue weighted by Gasteiger charge is 2.06. The van der Waals surface area contributed by atoms with Crippen LogP contribution in [0.2, 0.25) is 0 Å². The molecule has 0 spiro atoms. The normalized spacial score (nSPS) is 10.8. The molecule has 1 heterocycles. The Balaban J connectivity index is 0.00000484. The Hall–Kier alpha value is -1.11. The Bertz CT molecular complexity index is 474. The van der Waals surface area contributed by atoms with Crippen LogP contribution in [0.25, 0.3) is 0 Å². The third-order valence-corrected chi connectivity index (χ3v) is 3.59. The highest BCUT2D eigenvalue weighted by Crippen LogP contribution is 2.06. The van der Waals surface area contributed by atoms with Crippen molar-refractivity contribution in [2.75, 3.05) is 20.1 Å². The summed E-state index contributed by atoms with van der Waals surface area (Å²) in [5, 5.41) is 3.36. The lowest BCUT2D eigenvalue weighted by molar-refractivity contribution is 0.455. The van der Waals surface area contributed by atoms with Gasteiger partial charge in [-0.05, 0) is 44.7 Å². The molecule has 1 rings (SSSR count). The summed E-state index contributed by atoms with van der Waals surface area (Å²) in [5.74, 6) is 0.955. The molecule has 0 fully saturated rings. The largest absolute Gasteiger partial charge is 0.357 e. The molecule has 1 aromatic rings. The first kappa shape index (κ1) is 21.9. The number of unbranched alkanes of at least 4 members (excludes halogenated alkanes) is 3. The zero-order valence-corrected chi connectivity index (χ0v) is 17.0. The van der Waals surface area contributed by atoms with Gasteiger partial charge in [-0.3, -0.25) is 4.98 Å². The molecule has 0 bridgehead atoms. The lowest BCUT2D eigenvalue weighted by atomic mass is 10.2. The second-order valence-electron chi connectivity index (χ2n) is 5.50. The van der Waals surface area contributed by atoms with Crippen molar-refractivity contribution in [1.29, 1.82) is 0 Å². The summed E-state index contributed by atoms with van der Waals surface area (Å²) < 4.78 is 0. The predicted octanol–water partition coefficient (Wildman–Crippen LogP) is 4.15. The summed E-state index contributed by atoms with van der Waals surface area (Å²) in [6, 6.07) is 4.04. The van der Waals surface area contributed by atoms with Gasteiger partial charge in [-0.15, -0.1) is 30.6 Å². The number of aryl methyl sites for hydroxylation is 1. The van der Waals surface area contributed by atoms with Crippen molar-refractivity contribution < 1.29 is 0 Å². The quantitative estimate of drug-likeness (QED) is 0.210. The number of aliphatic imine (C=N–C) groups is 1. The lowest BCUT2D eigenvalue weighted by Gasteiger charge is -2.22. The number of aromatic nitrogens is 1. The summed E-state index contributed by atoms with van der Waals surface area (Å²) in [5.41, 5.74) is 2.23. The second kappa shape index (κ2) is 13.3. The van der Waals surface area contributed by atoms with Gasteiger partial charge in [0.05, 0.1) is 12.2 Å². The van der Waals surface area contributed by atoms with Crippen LogP contribution in [0.1, 0.15) is 43.9 Å². The van der Waals surface area contributed by atoms with Crippen LogP contribution in [-0.4, -0.2) is 36.0 Å². The number of nitrogens with one attached hydrogen (secondary N) is 1. The highest BCUT2D eigenvalue weighted by molar-refractivity contribution is 14.0. The molecule has 1 N–H and O–H groups in total. The van der Waals surface area contributed by atoms with Gasteiger partial charge in [-0.2, -0.15) is 0 Å². The molecule has 0 atom stereocenters. The summed E-state index contributed by atoms with van der Waals surface area (Å²) in [6.45, 7) is 10.4. The summed E-state index contributed by atoms with van der Waals surface area (Å²) in [6.07, 6.45) is 8.56. The minimum absolute atomic E-state index is 0. The van der Waals surface area contributed by atoms with Gasteiger partial charge in [0.25, 0.3) is 0 Å². The fourth-order valence-electron chi connectivity index (χ4n) is 2.22. The van der Waals surface area contributed by atoms with E-state index in [-0.39, 0.29) is 24.0 Å². The standard InChI is InChI=1S/C18H30N4.HI/c1-5-7-8-9-10-14-22(4)18(19-6-2)21-15-17-16(3)12-11-13-20-17;/h5,11-13H,1,6-10,14-15H2,2-4H3,(H,19,21);1H. The number of hydrogen-bond acceptors (Lipinski definition) is 2. The number of halogens is 1. The molecule has 0 saturated heterocycles. The minimum Gasteiger partial charge on any atom is -0.357 e. The summed E-state index contributed by atoms with van der Waals surface area (Å²) >= 11 is 0. The van der Waals surface area contributed by atoms with Crippen LogP contribution in [0, 0.1) is 6.92 Å². The fourth-order valence-corrected chi connectivity index (χ4v) is 2.22. The van der Waals surface area contributed by atoms with Gasteiger partial charge in [0.2, 0.25) is 0 Å². The number of guanidine groups is 1. The molecule has 0 unspecified atom stereocenters. The molecule has 0 aliphatic heterocycles. The van der Waals surface area contributed by atoms with E-state index in [1.165, 1.54) is 24.8 Å². The average Bonchev–Trinajstić information content (AvgIpc) is 2.52. The van der Waals surface area contributed by atoms with E-state index in [1.807, 2.05) is 18.3 Å². The molecule has 5 heteroatoms. The van der Waals surface area contributed by atoms with Crippen LogP contribution in [0.3, 0.4) is 0 Å². The zero-order chi connectivity index (χ0) is 16.2. The average molecular weight is 430 g/mol. The Morgan fingerprint density at radius 2 is 2.17 bits per heavy atom. The van der Waals surface area contributed by atoms with Crippen LogP contribution >= 0.6 is 24.0 Å². The van der Waals surface area contributed by atoms with E-state index in [0.29, 0.717) is 6.54 Å². The van der Waals surface area contributed by atoms with Crippen molar-refractivity contribution >= 4 is 29.9 Å². The van der Waals surface area contributed by atoms with Crippen molar-refractivity contribution in [3.05, 3.63) is 42.2 Å². The smallest absolute Gasteiger partial charge is 0.194 e. The predicted molar refractivity (Wildman–Crippen MR) is 110 cm³/mol. The van der Waals surface area contributed by atoms with Crippen LogP contribution in [-0.2, 0) is 6.54 Å². The fraction of sp³-hybridized carbons (Fsp3) is 0.556. The summed E-state index contributed by atoms with van der Waals surface area (Å²) in [7, 11) is 2.10. The Morgan fingerprint density at radius 3 is 2.83 bits per heavy atom. The van der Waals surface area contributed by atoms with Gasteiger partial charge >= 0.3 is 0 Å². The monoisotopic (exact) mass is 430 g/mol. The van der Waals surface area contributed by atoms with Crippen molar-refractivity contribution in [2.24, 2.45) is 4.99 Å². The Kier molecular flexibility index (Phi) is 12.7. The number of nitrogens with zero attached hydrogens (tertiary/aromatic N) is 3. The first-order chi connectivity index (χ1) is 10.7. The lowest BCUT2D eigenvalue weighted by Crippen LogP contribution is -2.39. The Morgan fingerprint density at radius 1 is 1.39 bits per heavy atom. The number of rotatable bonds is 9. The van der Waals surface area contributed by atoms with E-state index in [4.69, 9.17) is 4.99 Å². The molecule has 0 saturated carbocycles. The molecule has 0 aromatic carbocycles. The van der Waals surface area contributed by atoms with Crippen molar-refractivity contribution in [3.63, 3.8) is 0 Å². The van der Waals surface area contributed by atoms with Gasteiger partial charge in [0, 0.05) is 26.3 Å². The first-order valence-corrected chi connectivity index (χ1v) is 8.19. The van der Waals surface area contributed by atoms with Crippen molar-refractivity contribution in [2.45, 2.75) is 46.1 Å². The highest BCUT2D eigenvalue weighted by atomic mass is 127. The maximum absolute atomic E-state index is 4.71. The second-order valence-corrected chi connectivity index (χ2v) is 5.50. The van der Waals surface area contributed by atoms with E-state index < -0.39 is 0 Å². The summed E-state index contributed by atoms with van der Waals surface area (Å²) in [4.78, 5) is 11.3. The molecular formula is C18H31IN4. The van der Waals surface area contributed by atoms with E-state index >= 15 is 0 Å². The minimum atomic E-state index is 0. The van der Waals surface area contributed by atoms with Crippen LogP contribution in [0.4, 0.5) is 0 Å². The van der Waals surface area contributed by atoms with Gasteiger partial charge in [-0.25, -0.2) is 4.99 Å². The molecular weight excluding hydrogens is 399 g/mol. The molecule has 4 nitrogen and oxygen atoms in total. The topological polar surface area (TPSA) is 40.5 Å². The van der Waals surface area contributed by atoms with Crippen LogP contribution in [0.5, 0.6) is 0 Å². The van der Waals surface area contributed by atoms with Gasteiger partial charge in [-0.1, -0.05) is 18.6 Å². The van der Waals surface area contributed by atoms with E-state index in [2.05, 4.69) is 48.7 Å². The molecule has 23 heavy (non-hydrogen) atoms. The maximum atomic E-state index is 4.71. The van der Waals surface area contributed by atoms with E-state index in [1.54, 1.807) is 0 Å². The third-order valence-electron chi connectivity index (χ3n) is 3.59. The Labute approximate surface area is 158 Å². The molecule has 0 amide bonds. The molecule has 130 valence electrons. The molecule has 0 radical (unpaired) electrons. The number of allylic oxidation sites excluding steroid dienone is 1. The van der Waals surface area contributed by atoms with Crippen LogP contribution < -0.4 is 5.32 Å². The number of hydrogen-bond donors (Lipinski definition) is 1. The third kappa shape index (κ3) is 8.93. The van der Waals surface area contributed by atoms with Gasteiger partial charge < -0.3 is 10.2 Å². The van der Waals surface area contributed by atoms with Crippen LogP contribution in [0.15, 0.2) is 36.0 Å². The van der Waals surface area contributed by atoms with Gasteiger partial charge in [0.1, 0.15) is 0 Å². The van der Waals surface area contributed by atoms with Gasteiger partial charge in [0.15, 0.2) is 5.96 Å². The SMILES string of the molecule is C=CCCCCCN(C)C(=NCc1ncccc1C)NCC.I. The number of pyridine rings is 1. The molecule has 0 aliphatic rings. The first-order valence-electron chi connectivity index (χ1n) is 8.19. The maximum Gasteiger partial charge on any atom is 0.194 e. The van der Waals surface area contributed by atoms with E-state index in [0.717, 1.165) is 31.2 Å². The molecule has 0 aliphatic carbocycles. The van der Waals surface area contributed by atoms with Crippen molar-refractivity contribution in [3.8, 4) is 0 Å². The van der Waals surface area contributed by atoms with E-state index in [9.17, 15) is 0 Å². The molecule has 1 aromatic heterocycles.